The Hall–Kier alpha value is -2.37. The molecule has 0 aliphatic heterocycles. The number of furan rings is 1. The van der Waals surface area contributed by atoms with Crippen molar-refractivity contribution in [3.05, 3.63) is 54.6 Å². The van der Waals surface area contributed by atoms with Crippen LogP contribution in [-0.4, -0.2) is 37.2 Å². The van der Waals surface area contributed by atoms with Crippen molar-refractivity contribution in [3.8, 4) is 11.3 Å². The summed E-state index contributed by atoms with van der Waals surface area (Å²) in [4.78, 5) is 2.11. The van der Waals surface area contributed by atoms with E-state index in [0.29, 0.717) is 5.11 Å². The third-order valence-corrected chi connectivity index (χ3v) is 3.94. The Balaban J connectivity index is 1.63. The fourth-order valence-corrected chi connectivity index (χ4v) is 2.63. The lowest BCUT2D eigenvalue weighted by atomic mass is 10.1. The highest BCUT2D eigenvalue weighted by molar-refractivity contribution is 7.80. The molecular formula is C19H21N3OS. The molecule has 2 aromatic carbocycles. The maximum atomic E-state index is 5.89. The van der Waals surface area contributed by atoms with Crippen molar-refractivity contribution >= 4 is 34.0 Å². The zero-order valence-corrected chi connectivity index (χ0v) is 14.7. The minimum Gasteiger partial charge on any atom is -0.456 e. The van der Waals surface area contributed by atoms with Crippen molar-refractivity contribution < 1.29 is 4.42 Å². The van der Waals surface area contributed by atoms with Crippen LogP contribution in [0.2, 0.25) is 0 Å². The molecule has 0 spiro atoms. The van der Waals surface area contributed by atoms with Crippen molar-refractivity contribution in [2.45, 2.75) is 0 Å². The lowest BCUT2D eigenvalue weighted by Gasteiger charge is -2.13. The van der Waals surface area contributed by atoms with Gasteiger partial charge in [0.1, 0.15) is 11.3 Å². The first-order valence-electron chi connectivity index (χ1n) is 7.90. The Kier molecular flexibility index (Phi) is 5.13. The fourth-order valence-electron chi connectivity index (χ4n) is 2.41. The lowest BCUT2D eigenvalue weighted by molar-refractivity contribution is 0.413. The Morgan fingerprint density at radius 2 is 1.83 bits per heavy atom. The van der Waals surface area contributed by atoms with Crippen LogP contribution in [0, 0.1) is 0 Å². The minimum atomic E-state index is 0.633. The number of benzene rings is 2. The van der Waals surface area contributed by atoms with E-state index in [1.165, 1.54) is 0 Å². The van der Waals surface area contributed by atoms with Gasteiger partial charge in [0, 0.05) is 29.7 Å². The summed E-state index contributed by atoms with van der Waals surface area (Å²) >= 11 is 5.30. The standard InChI is InChI=1S/C19H21N3OS/c1-22(2)12-11-20-19(24)21-16-9-7-14(8-10-16)18-13-15-5-3-4-6-17(15)23-18/h3-10,13H,11-12H2,1-2H3,(H2,20,21,24). The van der Waals surface area contributed by atoms with Crippen LogP contribution >= 0.6 is 12.2 Å². The fraction of sp³-hybridized carbons (Fsp3) is 0.211. The third-order valence-electron chi connectivity index (χ3n) is 3.70. The van der Waals surface area contributed by atoms with E-state index in [-0.39, 0.29) is 0 Å². The van der Waals surface area contributed by atoms with Crippen LogP contribution in [0.4, 0.5) is 5.69 Å². The molecule has 24 heavy (non-hydrogen) atoms. The van der Waals surface area contributed by atoms with Gasteiger partial charge in [0.2, 0.25) is 0 Å². The van der Waals surface area contributed by atoms with Crippen LogP contribution in [-0.2, 0) is 0 Å². The molecule has 3 rings (SSSR count). The van der Waals surface area contributed by atoms with Crippen LogP contribution in [0.25, 0.3) is 22.3 Å². The van der Waals surface area contributed by atoms with Gasteiger partial charge in [-0.05, 0) is 62.7 Å². The number of anilines is 1. The predicted molar refractivity (Wildman–Crippen MR) is 104 cm³/mol. The molecule has 1 aromatic heterocycles. The summed E-state index contributed by atoms with van der Waals surface area (Å²) in [7, 11) is 4.07. The number of nitrogens with zero attached hydrogens (tertiary/aromatic N) is 1. The first-order chi connectivity index (χ1) is 11.6. The highest BCUT2D eigenvalue weighted by Gasteiger charge is 2.06. The average Bonchev–Trinajstić information content (AvgIpc) is 2.99. The van der Waals surface area contributed by atoms with Gasteiger partial charge in [0.05, 0.1) is 0 Å². The van der Waals surface area contributed by atoms with Gasteiger partial charge in [-0.1, -0.05) is 18.2 Å². The molecule has 0 radical (unpaired) electrons. The summed E-state index contributed by atoms with van der Waals surface area (Å²) in [6, 6.07) is 18.1. The Morgan fingerprint density at radius 1 is 1.08 bits per heavy atom. The largest absolute Gasteiger partial charge is 0.456 e. The molecular weight excluding hydrogens is 318 g/mol. The maximum Gasteiger partial charge on any atom is 0.170 e. The SMILES string of the molecule is CN(C)CCNC(=S)Nc1ccc(-c2cc3ccccc3o2)cc1. The second-order valence-corrected chi connectivity index (χ2v) is 6.32. The summed E-state index contributed by atoms with van der Waals surface area (Å²) in [5, 5.41) is 8.12. The van der Waals surface area contributed by atoms with Gasteiger partial charge < -0.3 is 20.0 Å². The second kappa shape index (κ2) is 7.47. The van der Waals surface area contributed by atoms with Crippen LogP contribution in [0.1, 0.15) is 0 Å². The van der Waals surface area contributed by atoms with Crippen molar-refractivity contribution in [1.29, 1.82) is 0 Å². The van der Waals surface area contributed by atoms with Crippen LogP contribution < -0.4 is 10.6 Å². The van der Waals surface area contributed by atoms with Crippen molar-refractivity contribution in [3.63, 3.8) is 0 Å². The molecule has 4 nitrogen and oxygen atoms in total. The van der Waals surface area contributed by atoms with Crippen LogP contribution in [0.5, 0.6) is 0 Å². The Labute approximate surface area is 147 Å². The van der Waals surface area contributed by atoms with Gasteiger partial charge in [-0.25, -0.2) is 0 Å². The van der Waals surface area contributed by atoms with Crippen molar-refractivity contribution in [2.75, 3.05) is 32.5 Å². The van der Waals surface area contributed by atoms with Crippen molar-refractivity contribution in [1.82, 2.24) is 10.2 Å². The molecule has 0 bridgehead atoms. The smallest absolute Gasteiger partial charge is 0.170 e. The molecule has 0 fully saturated rings. The van der Waals surface area contributed by atoms with Crippen LogP contribution in [0.15, 0.2) is 59.0 Å². The van der Waals surface area contributed by atoms with E-state index >= 15 is 0 Å². The topological polar surface area (TPSA) is 40.4 Å². The van der Waals surface area contributed by atoms with E-state index in [9.17, 15) is 0 Å². The van der Waals surface area contributed by atoms with Crippen molar-refractivity contribution in [2.24, 2.45) is 0 Å². The first-order valence-corrected chi connectivity index (χ1v) is 8.31. The molecule has 0 atom stereocenters. The highest BCUT2D eigenvalue weighted by Crippen LogP contribution is 2.28. The van der Waals surface area contributed by atoms with Crippen LogP contribution in [0.3, 0.4) is 0 Å². The number of hydrogen-bond donors (Lipinski definition) is 2. The molecule has 0 amide bonds. The molecule has 5 heteroatoms. The van der Waals surface area contributed by atoms with Gasteiger partial charge in [-0.2, -0.15) is 0 Å². The van der Waals surface area contributed by atoms with Gasteiger partial charge >= 0.3 is 0 Å². The summed E-state index contributed by atoms with van der Waals surface area (Å²) < 4.78 is 5.89. The molecule has 124 valence electrons. The van der Waals surface area contributed by atoms with E-state index in [2.05, 4.69) is 27.7 Å². The first kappa shape index (κ1) is 16.5. The third kappa shape index (κ3) is 4.13. The minimum absolute atomic E-state index is 0.633. The summed E-state index contributed by atoms with van der Waals surface area (Å²) in [6.45, 7) is 1.75. The van der Waals surface area contributed by atoms with E-state index in [4.69, 9.17) is 16.6 Å². The summed E-state index contributed by atoms with van der Waals surface area (Å²) in [5.74, 6) is 0.870. The Bertz CT molecular complexity index is 791. The number of rotatable bonds is 5. The molecule has 0 aliphatic rings. The van der Waals surface area contributed by atoms with Gasteiger partial charge in [-0.3, -0.25) is 0 Å². The second-order valence-electron chi connectivity index (χ2n) is 5.91. The number of para-hydroxylation sites is 1. The predicted octanol–water partition coefficient (Wildman–Crippen LogP) is 3.95. The number of nitrogens with one attached hydrogen (secondary N) is 2. The molecule has 1 heterocycles. The molecule has 3 aromatic rings. The van der Waals surface area contributed by atoms with E-state index in [1.807, 2.05) is 56.6 Å². The number of hydrogen-bond acceptors (Lipinski definition) is 3. The zero-order valence-electron chi connectivity index (χ0n) is 13.9. The molecule has 0 unspecified atom stereocenters. The molecule has 0 saturated carbocycles. The lowest BCUT2D eigenvalue weighted by Crippen LogP contribution is -2.34. The number of fused-ring (bicyclic) bond motifs is 1. The van der Waals surface area contributed by atoms with E-state index < -0.39 is 0 Å². The molecule has 0 aliphatic carbocycles. The van der Waals surface area contributed by atoms with Gasteiger partial charge in [0.15, 0.2) is 5.11 Å². The number of thiocarbonyl (C=S) groups is 1. The quantitative estimate of drug-likeness (QED) is 0.689. The van der Waals surface area contributed by atoms with E-state index in [1.54, 1.807) is 0 Å². The van der Waals surface area contributed by atoms with E-state index in [0.717, 1.165) is 41.1 Å². The van der Waals surface area contributed by atoms with Gasteiger partial charge in [0.25, 0.3) is 0 Å². The summed E-state index contributed by atoms with van der Waals surface area (Å²) in [5.41, 5.74) is 2.90. The summed E-state index contributed by atoms with van der Waals surface area (Å²) in [6.07, 6.45) is 0. The number of likely N-dealkylation sites (N-methyl/N-ethyl adjacent to an activating group) is 1. The maximum absolute atomic E-state index is 5.89. The Morgan fingerprint density at radius 3 is 2.54 bits per heavy atom. The zero-order chi connectivity index (χ0) is 16.9. The normalized spacial score (nSPS) is 11.0. The highest BCUT2D eigenvalue weighted by atomic mass is 32.1. The monoisotopic (exact) mass is 339 g/mol. The average molecular weight is 339 g/mol. The molecule has 2 N–H and O–H groups in total. The molecule has 0 saturated heterocycles. The van der Waals surface area contributed by atoms with Gasteiger partial charge in [-0.15, -0.1) is 0 Å².